The highest BCUT2D eigenvalue weighted by atomic mass is 16.8. The lowest BCUT2D eigenvalue weighted by molar-refractivity contribution is -0.404. The standard InChI is InChI=1S/C102H181N3O45/c1-8-10-12-14-16-18-20-22-23-24-25-26-27-28-29-30-31-33-35-37-39-41-43-45-66(115)105-58(59(114)44-42-40-38-36-34-32-21-19-17-15-13-11-9-2)52-133-96-83(130)79(126)86(63(49-109)142-96)143-100-84(131)91(73(120)61(47-107)137-100)148-94-67(103-56(6)112)89(87(64(50-110)140-94)144-97-80(127)75(122)69(116)53(3)134-97)147-101-85(132)92(74(121)62(48-108)138-101)149-95-68(104-57(7)113)90(146-98-81(128)76(123)70(117)54(4)135-98)88(65(51-111)141-95)145-102-93(78(125)72(119)60(46-106)139-102)150-99-82(129)77(124)71(118)55(5)136-99/h22-23,42,44,53-55,58-65,67-102,106-111,114,116-132H,8-21,24-41,43,45-52H2,1-7H3,(H,103,112)(H,104,113)(H,105,115)/b23-22-,44-42+/t53?,54?,55?,58-,59+,60?,61?,62?,63?,64?,65?,67?,68?,69+,70+,71+,72-,73-,74-,75?,76?,77?,78-,79+,80-,81-,82-,83?,84?,85?,86+,87+,88+,89+,90+,91-,92-,93?,94-,95-,96+,97+,98+,99+,100-,101-,102-/m0/s1. The van der Waals surface area contributed by atoms with Gasteiger partial charge in [-0.3, -0.25) is 14.4 Å². The molecule has 18 unspecified atom stereocenters. The van der Waals surface area contributed by atoms with Gasteiger partial charge in [-0.1, -0.05) is 205 Å². The van der Waals surface area contributed by atoms with E-state index in [1.807, 2.05) is 6.08 Å². The number of amides is 3. The van der Waals surface area contributed by atoms with Gasteiger partial charge in [0.05, 0.1) is 76.7 Å². The van der Waals surface area contributed by atoms with E-state index in [1.165, 1.54) is 149 Å². The number of aliphatic hydroxyl groups excluding tert-OH is 24. The Balaban J connectivity index is 0.917. The Kier molecular flexibility index (Phi) is 58.0. The second kappa shape index (κ2) is 67.1. The monoisotopic (exact) mass is 2170 g/mol. The fraction of sp³-hybridized carbons (Fsp3) is 0.931. The summed E-state index contributed by atoms with van der Waals surface area (Å²) in [6.45, 7) is 2.68. The maximum Gasteiger partial charge on any atom is 0.220 e. The van der Waals surface area contributed by atoms with Gasteiger partial charge in [0, 0.05) is 20.3 Å². The molecule has 9 rings (SSSR count). The number of ether oxygens (including phenoxy) is 18. The van der Waals surface area contributed by atoms with Gasteiger partial charge in [-0.2, -0.15) is 0 Å². The lowest BCUT2D eigenvalue weighted by Crippen LogP contribution is -2.72. The van der Waals surface area contributed by atoms with Crippen molar-refractivity contribution in [2.45, 2.75) is 555 Å². The minimum atomic E-state index is -2.56. The molecule has 9 aliphatic rings. The highest BCUT2D eigenvalue weighted by molar-refractivity contribution is 5.76. The van der Waals surface area contributed by atoms with Gasteiger partial charge in [0.2, 0.25) is 17.7 Å². The van der Waals surface area contributed by atoms with Crippen LogP contribution in [0.3, 0.4) is 0 Å². The number of carbonyl (C=O) groups excluding carboxylic acids is 3. The van der Waals surface area contributed by atoms with Crippen LogP contribution in [0.4, 0.5) is 0 Å². The highest BCUT2D eigenvalue weighted by Gasteiger charge is 2.63. The second-order valence-corrected chi connectivity index (χ2v) is 41.5. The Bertz CT molecular complexity index is 3760. The number of allylic oxidation sites excluding steroid dienone is 3. The summed E-state index contributed by atoms with van der Waals surface area (Å²) in [5.74, 6) is -2.41. The summed E-state index contributed by atoms with van der Waals surface area (Å²) in [6, 6.07) is -5.30. The first-order valence-corrected chi connectivity index (χ1v) is 54.7. The number of hydrogen-bond acceptors (Lipinski definition) is 45. The van der Waals surface area contributed by atoms with Crippen LogP contribution in [0.25, 0.3) is 0 Å². The van der Waals surface area contributed by atoms with E-state index >= 15 is 0 Å². The molecule has 0 bridgehead atoms. The van der Waals surface area contributed by atoms with Gasteiger partial charge in [0.15, 0.2) is 56.6 Å². The Morgan fingerprint density at radius 1 is 0.273 bits per heavy atom. The molecule has 0 aromatic carbocycles. The summed E-state index contributed by atoms with van der Waals surface area (Å²) in [4.78, 5) is 41.4. The first kappa shape index (κ1) is 130. The molecule has 48 heteroatoms. The predicted molar refractivity (Wildman–Crippen MR) is 524 cm³/mol. The molecule has 3 amide bonds. The molecule has 0 saturated carbocycles. The lowest BCUT2D eigenvalue weighted by atomic mass is 9.93. The second-order valence-electron chi connectivity index (χ2n) is 41.5. The largest absolute Gasteiger partial charge is 0.394 e. The van der Waals surface area contributed by atoms with Crippen molar-refractivity contribution in [3.05, 3.63) is 24.3 Å². The summed E-state index contributed by atoms with van der Waals surface area (Å²) in [5.41, 5.74) is 0. The van der Waals surface area contributed by atoms with Crippen LogP contribution in [-0.2, 0) is 99.6 Å². The molecule has 9 fully saturated rings. The SMILES string of the molecule is CCCCCCCC/C=C\CCCCCCCCCCCCCCCC(=O)N[C@@H](CO[C@@H]1OC(CO)[C@@H](O[C@@H]2OC(CO)[C@H](O)[C@H](O[C@@H]3OC(CO)[C@@H](O[C@H]4OC(C)[C@@H](O)C(O)[C@@H]4O)[C@H](O[C@@H]4OC(CO)[C@H](O)[C@H](O[C@@H]5OC(CO)[C@@H](O[C@@H]6OC(CO)[C@H](O)[C@H](O)C6O[C@H]6OC(C)[C@@H](O)C(O)[C@@H]6O)[C@H](O[C@H]6OC(C)[C@@H](O)C(O)[C@@H]6O)C5NC(C)=O)C4O)C3NC(C)=O)C2O)[C@H](O)C1O)[C@H](O)/C=C/CCCCCCCCCCCCC. The van der Waals surface area contributed by atoms with E-state index in [2.05, 4.69) is 41.9 Å². The molecular weight excluding hydrogens is 1990 g/mol. The van der Waals surface area contributed by atoms with Gasteiger partial charge in [-0.15, -0.1) is 0 Å². The number of carbonyl (C=O) groups is 3. The summed E-state index contributed by atoms with van der Waals surface area (Å²) in [5, 5.41) is 283. The van der Waals surface area contributed by atoms with E-state index in [-0.39, 0.29) is 12.3 Å². The molecule has 47 atom stereocenters. The van der Waals surface area contributed by atoms with Crippen molar-refractivity contribution in [2.24, 2.45) is 0 Å². The van der Waals surface area contributed by atoms with Crippen LogP contribution in [-0.4, -0.2) is 475 Å². The number of nitrogens with one attached hydrogen (secondary N) is 3. The molecule has 27 N–H and O–H groups in total. The Morgan fingerprint density at radius 3 is 0.927 bits per heavy atom. The third-order valence-electron chi connectivity index (χ3n) is 29.6. The zero-order valence-corrected chi connectivity index (χ0v) is 87.7. The minimum Gasteiger partial charge on any atom is -0.394 e. The fourth-order valence-electron chi connectivity index (χ4n) is 20.5. The first-order valence-electron chi connectivity index (χ1n) is 54.7. The van der Waals surface area contributed by atoms with Gasteiger partial charge >= 0.3 is 0 Å². The van der Waals surface area contributed by atoms with E-state index in [1.54, 1.807) is 6.08 Å². The normalized spacial score (nSPS) is 40.2. The number of rotatable bonds is 65. The number of hydrogen-bond donors (Lipinski definition) is 27. The van der Waals surface area contributed by atoms with Crippen LogP contribution < -0.4 is 16.0 Å². The van der Waals surface area contributed by atoms with Crippen molar-refractivity contribution in [3.63, 3.8) is 0 Å². The van der Waals surface area contributed by atoms with Gasteiger partial charge in [-0.25, -0.2) is 0 Å². The van der Waals surface area contributed by atoms with Crippen molar-refractivity contribution in [2.75, 3.05) is 46.2 Å². The van der Waals surface area contributed by atoms with Gasteiger partial charge in [0.25, 0.3) is 0 Å². The summed E-state index contributed by atoms with van der Waals surface area (Å²) in [6.07, 6.45) is -43.2. The van der Waals surface area contributed by atoms with Crippen molar-refractivity contribution in [1.82, 2.24) is 16.0 Å². The smallest absolute Gasteiger partial charge is 0.220 e. The molecule has 0 radical (unpaired) electrons. The molecule has 48 nitrogen and oxygen atoms in total. The van der Waals surface area contributed by atoms with Crippen LogP contribution >= 0.6 is 0 Å². The quantitative estimate of drug-likeness (QED) is 0.0214. The van der Waals surface area contributed by atoms with Gasteiger partial charge in [0.1, 0.15) is 201 Å². The minimum absolute atomic E-state index is 0.125. The van der Waals surface area contributed by atoms with Crippen LogP contribution in [0, 0.1) is 0 Å². The molecule has 874 valence electrons. The molecule has 0 aromatic rings. The Hall–Kier alpha value is -3.79. The van der Waals surface area contributed by atoms with Crippen LogP contribution in [0.15, 0.2) is 24.3 Å². The van der Waals surface area contributed by atoms with Crippen LogP contribution in [0.5, 0.6) is 0 Å². The maximum absolute atomic E-state index is 13.9. The van der Waals surface area contributed by atoms with Crippen molar-refractivity contribution < 1.29 is 222 Å². The van der Waals surface area contributed by atoms with E-state index in [0.717, 1.165) is 84.5 Å². The molecule has 0 aliphatic carbocycles. The zero-order valence-electron chi connectivity index (χ0n) is 87.7. The molecule has 9 aliphatic heterocycles. The molecule has 0 aromatic heterocycles. The lowest BCUT2D eigenvalue weighted by Gasteiger charge is -2.53. The van der Waals surface area contributed by atoms with E-state index in [9.17, 15) is 137 Å². The average molecular weight is 2170 g/mol. The van der Waals surface area contributed by atoms with Crippen LogP contribution in [0.2, 0.25) is 0 Å². The van der Waals surface area contributed by atoms with E-state index in [0.29, 0.717) is 12.8 Å². The number of unbranched alkanes of at least 4 members (excludes halogenated alkanes) is 30. The molecular formula is C102H181N3O45. The Labute approximate surface area is 877 Å². The average Bonchev–Trinajstić information content (AvgIpc) is 0.753. The van der Waals surface area contributed by atoms with E-state index in [4.69, 9.17) is 85.3 Å². The third-order valence-corrected chi connectivity index (χ3v) is 29.6. The fourth-order valence-corrected chi connectivity index (χ4v) is 20.5. The molecule has 0 spiro atoms. The Morgan fingerprint density at radius 2 is 0.553 bits per heavy atom. The third kappa shape index (κ3) is 37.4. The topological polar surface area (TPSA) is 739 Å². The number of aliphatic hydroxyl groups is 24. The van der Waals surface area contributed by atoms with Crippen molar-refractivity contribution in [3.8, 4) is 0 Å². The van der Waals surface area contributed by atoms with Gasteiger partial charge < -0.3 is 224 Å². The van der Waals surface area contributed by atoms with Crippen molar-refractivity contribution >= 4 is 17.7 Å². The summed E-state index contributed by atoms with van der Waals surface area (Å²) >= 11 is 0. The predicted octanol–water partition coefficient (Wildman–Crippen LogP) is -2.97. The molecule has 9 heterocycles. The molecule has 150 heavy (non-hydrogen) atoms. The van der Waals surface area contributed by atoms with Crippen LogP contribution in [0.1, 0.15) is 267 Å². The summed E-state index contributed by atoms with van der Waals surface area (Å²) < 4.78 is 111. The molecule has 9 saturated heterocycles. The first-order chi connectivity index (χ1) is 71.9. The highest BCUT2D eigenvalue weighted by Crippen LogP contribution is 2.43. The summed E-state index contributed by atoms with van der Waals surface area (Å²) in [7, 11) is 0. The van der Waals surface area contributed by atoms with E-state index < -0.39 is 346 Å². The van der Waals surface area contributed by atoms with Crippen molar-refractivity contribution in [1.29, 1.82) is 0 Å². The zero-order chi connectivity index (χ0) is 110. The maximum atomic E-state index is 13.9. The van der Waals surface area contributed by atoms with Gasteiger partial charge in [-0.05, 0) is 65.7 Å².